The second kappa shape index (κ2) is 6.04. The number of aliphatic hydroxyl groups is 2. The summed E-state index contributed by atoms with van der Waals surface area (Å²) in [5.74, 6) is 10.3. The van der Waals surface area contributed by atoms with Gasteiger partial charge in [0.25, 0.3) is 0 Å². The van der Waals surface area contributed by atoms with Gasteiger partial charge in [-0.05, 0) is 112 Å². The number of hydrogen-bond donors (Lipinski definition) is 2. The SMILES string of the molecule is C[C@H](CC#CC(C)(C)O)[C@H]1CC[C@H]2[C@@H]3CC[C@]45C[C@]4(O)CC[C@]5(C)[C@H]3CC[C@]12C. The second-order valence-corrected chi connectivity index (χ2v) is 12.9. The molecule has 0 radical (unpaired) electrons. The summed E-state index contributed by atoms with van der Waals surface area (Å²) < 4.78 is 0. The van der Waals surface area contributed by atoms with E-state index in [1.54, 1.807) is 13.8 Å². The fraction of sp³-hybridized carbons (Fsp3) is 0.926. The molecule has 29 heavy (non-hydrogen) atoms. The molecule has 2 nitrogen and oxygen atoms in total. The van der Waals surface area contributed by atoms with E-state index in [-0.39, 0.29) is 11.0 Å². The Morgan fingerprint density at radius 2 is 1.76 bits per heavy atom. The summed E-state index contributed by atoms with van der Waals surface area (Å²) in [6, 6.07) is 0. The third kappa shape index (κ3) is 2.62. The standard InChI is InChI=1S/C27H42O2/c1-18(7-6-12-23(2,3)28)20-8-9-21-19-10-14-26-17-27(26,29)16-15-25(26,5)22(19)11-13-24(20,21)4/h18-22,28-29H,7-11,13-17H2,1-5H3/t18-,19+,20-,21+,22+,24-,25-,26-,27-/m1/s1. The lowest BCUT2D eigenvalue weighted by molar-refractivity contribution is -0.110. The van der Waals surface area contributed by atoms with E-state index in [0.717, 1.165) is 42.9 Å². The van der Waals surface area contributed by atoms with Crippen LogP contribution in [0.15, 0.2) is 0 Å². The maximum Gasteiger partial charge on any atom is 0.119 e. The fourth-order valence-electron chi connectivity index (χ4n) is 9.81. The summed E-state index contributed by atoms with van der Waals surface area (Å²) in [6.45, 7) is 11.1. The molecule has 0 aromatic rings. The normalized spacial score (nSPS) is 53.8. The van der Waals surface area contributed by atoms with Gasteiger partial charge in [-0.25, -0.2) is 0 Å². The minimum Gasteiger partial charge on any atom is -0.389 e. The quantitative estimate of drug-likeness (QED) is 0.598. The van der Waals surface area contributed by atoms with Crippen molar-refractivity contribution in [3.8, 4) is 11.8 Å². The smallest absolute Gasteiger partial charge is 0.119 e. The van der Waals surface area contributed by atoms with Gasteiger partial charge in [-0.3, -0.25) is 0 Å². The van der Waals surface area contributed by atoms with E-state index < -0.39 is 5.60 Å². The van der Waals surface area contributed by atoms with E-state index in [1.165, 1.54) is 44.9 Å². The summed E-state index contributed by atoms with van der Waals surface area (Å²) in [5.41, 5.74) is -0.0180. The number of rotatable bonds is 2. The Morgan fingerprint density at radius 3 is 2.45 bits per heavy atom. The van der Waals surface area contributed by atoms with Crippen molar-refractivity contribution in [1.29, 1.82) is 0 Å². The molecule has 0 aliphatic heterocycles. The van der Waals surface area contributed by atoms with Gasteiger partial charge in [0.1, 0.15) is 5.60 Å². The molecule has 0 amide bonds. The van der Waals surface area contributed by atoms with E-state index in [0.29, 0.717) is 16.7 Å². The van der Waals surface area contributed by atoms with Crippen molar-refractivity contribution in [2.24, 2.45) is 45.8 Å². The van der Waals surface area contributed by atoms with E-state index in [1.807, 2.05) is 0 Å². The van der Waals surface area contributed by atoms with Gasteiger partial charge >= 0.3 is 0 Å². The Morgan fingerprint density at radius 1 is 1.00 bits per heavy atom. The first kappa shape index (κ1) is 20.4. The monoisotopic (exact) mass is 398 g/mol. The van der Waals surface area contributed by atoms with E-state index >= 15 is 0 Å². The van der Waals surface area contributed by atoms with Crippen molar-refractivity contribution in [3.05, 3.63) is 0 Å². The van der Waals surface area contributed by atoms with Crippen molar-refractivity contribution in [1.82, 2.24) is 0 Å². The highest BCUT2D eigenvalue weighted by Crippen LogP contribution is 2.83. The van der Waals surface area contributed by atoms with E-state index in [9.17, 15) is 10.2 Å². The molecule has 2 N–H and O–H groups in total. The van der Waals surface area contributed by atoms with Crippen LogP contribution in [0.5, 0.6) is 0 Å². The molecule has 5 aliphatic rings. The summed E-state index contributed by atoms with van der Waals surface area (Å²) in [5, 5.41) is 21.0. The Hall–Kier alpha value is -0.520. The van der Waals surface area contributed by atoms with Crippen LogP contribution in [0, 0.1) is 57.7 Å². The zero-order chi connectivity index (χ0) is 20.9. The molecule has 0 aromatic carbocycles. The highest BCUT2D eigenvalue weighted by molar-refractivity contribution is 5.30. The molecule has 9 atom stereocenters. The molecule has 5 saturated carbocycles. The van der Waals surface area contributed by atoms with Crippen LogP contribution in [-0.4, -0.2) is 21.4 Å². The first-order valence-corrected chi connectivity index (χ1v) is 12.4. The summed E-state index contributed by atoms with van der Waals surface area (Å²) in [7, 11) is 0. The molecule has 0 saturated heterocycles. The predicted molar refractivity (Wildman–Crippen MR) is 117 cm³/mol. The molecule has 1 spiro atoms. The van der Waals surface area contributed by atoms with Crippen molar-refractivity contribution in [2.75, 3.05) is 0 Å². The van der Waals surface area contributed by atoms with Crippen LogP contribution < -0.4 is 0 Å². The summed E-state index contributed by atoms with van der Waals surface area (Å²) in [4.78, 5) is 0. The predicted octanol–water partition coefficient (Wildman–Crippen LogP) is 5.56. The van der Waals surface area contributed by atoms with Crippen molar-refractivity contribution >= 4 is 0 Å². The first-order chi connectivity index (χ1) is 13.5. The van der Waals surface area contributed by atoms with Crippen LogP contribution in [0.1, 0.15) is 98.8 Å². The van der Waals surface area contributed by atoms with Crippen LogP contribution in [-0.2, 0) is 0 Å². The average molecular weight is 399 g/mol. The molecular weight excluding hydrogens is 356 g/mol. The third-order valence-corrected chi connectivity index (χ3v) is 11.2. The highest BCUT2D eigenvalue weighted by Gasteiger charge is 2.81. The van der Waals surface area contributed by atoms with Gasteiger partial charge in [0.05, 0.1) is 5.60 Å². The molecular formula is C27H42O2. The molecule has 0 bridgehead atoms. The zero-order valence-corrected chi connectivity index (χ0v) is 19.4. The second-order valence-electron chi connectivity index (χ2n) is 12.9. The van der Waals surface area contributed by atoms with Crippen LogP contribution in [0.25, 0.3) is 0 Å². The van der Waals surface area contributed by atoms with Gasteiger partial charge in [-0.15, -0.1) is 5.92 Å². The lowest BCUT2D eigenvalue weighted by Crippen LogP contribution is -2.52. The van der Waals surface area contributed by atoms with Crippen LogP contribution in [0.2, 0.25) is 0 Å². The van der Waals surface area contributed by atoms with Crippen molar-refractivity contribution in [3.63, 3.8) is 0 Å². The Bertz CT molecular complexity index is 755. The third-order valence-electron chi connectivity index (χ3n) is 11.2. The van der Waals surface area contributed by atoms with Gasteiger partial charge < -0.3 is 10.2 Å². The molecule has 0 heterocycles. The Balaban J connectivity index is 1.34. The van der Waals surface area contributed by atoms with Crippen molar-refractivity contribution in [2.45, 2.75) is 110 Å². The van der Waals surface area contributed by atoms with Crippen LogP contribution in [0.3, 0.4) is 0 Å². The van der Waals surface area contributed by atoms with Crippen molar-refractivity contribution < 1.29 is 10.2 Å². The van der Waals surface area contributed by atoms with Crippen LogP contribution >= 0.6 is 0 Å². The Labute approximate surface area is 178 Å². The van der Waals surface area contributed by atoms with E-state index in [4.69, 9.17) is 0 Å². The molecule has 5 fully saturated rings. The molecule has 5 aliphatic carbocycles. The molecule has 0 aromatic heterocycles. The maximum absolute atomic E-state index is 11.1. The molecule has 162 valence electrons. The van der Waals surface area contributed by atoms with Crippen LogP contribution in [0.4, 0.5) is 0 Å². The molecule has 0 unspecified atom stereocenters. The van der Waals surface area contributed by atoms with Gasteiger partial charge in [-0.1, -0.05) is 26.7 Å². The van der Waals surface area contributed by atoms with Gasteiger partial charge in [0.2, 0.25) is 0 Å². The molecule has 2 heteroatoms. The largest absolute Gasteiger partial charge is 0.389 e. The average Bonchev–Trinajstić information content (AvgIpc) is 2.94. The minimum absolute atomic E-state index is 0.285. The lowest BCUT2D eigenvalue weighted by Gasteiger charge is -2.59. The van der Waals surface area contributed by atoms with Gasteiger partial charge in [0, 0.05) is 11.8 Å². The van der Waals surface area contributed by atoms with Gasteiger partial charge in [0.15, 0.2) is 0 Å². The lowest BCUT2D eigenvalue weighted by atomic mass is 9.46. The maximum atomic E-state index is 11.1. The number of fused-ring (bicyclic) bond motifs is 4. The Kier molecular flexibility index (Phi) is 4.25. The highest BCUT2D eigenvalue weighted by atomic mass is 16.3. The molecule has 5 rings (SSSR count). The van der Waals surface area contributed by atoms with E-state index in [2.05, 4.69) is 32.6 Å². The number of hydrogen-bond acceptors (Lipinski definition) is 2. The summed E-state index contributed by atoms with van der Waals surface area (Å²) >= 11 is 0. The minimum atomic E-state index is -0.876. The fourth-order valence-corrected chi connectivity index (χ4v) is 9.81. The zero-order valence-electron chi connectivity index (χ0n) is 19.4. The summed E-state index contributed by atoms with van der Waals surface area (Å²) in [6.07, 6.45) is 12.5. The topological polar surface area (TPSA) is 40.5 Å². The van der Waals surface area contributed by atoms with Gasteiger partial charge in [-0.2, -0.15) is 0 Å². The first-order valence-electron chi connectivity index (χ1n) is 12.4.